The fourth-order valence-electron chi connectivity index (χ4n) is 4.73. The Balaban J connectivity index is 1.36. The average molecular weight is 555 g/mol. The molecule has 5 rings (SSSR count). The van der Waals surface area contributed by atoms with Gasteiger partial charge in [-0.05, 0) is 44.5 Å². The number of piperidine rings is 1. The number of nitrogens with two attached hydrogens (primary N) is 1. The monoisotopic (exact) mass is 554 g/mol. The Morgan fingerprint density at radius 3 is 2.95 bits per heavy atom. The van der Waals surface area contributed by atoms with Crippen molar-refractivity contribution in [3.63, 3.8) is 0 Å². The molecule has 8 nitrogen and oxygen atoms in total. The first kappa shape index (κ1) is 26.5. The number of primary amides is 1. The number of hydrogen-bond donors (Lipinski definition) is 2. The topological polar surface area (TPSA) is 102 Å². The van der Waals surface area contributed by atoms with Gasteiger partial charge in [-0.2, -0.15) is 0 Å². The molecule has 200 valence electrons. The molecule has 1 aliphatic heterocycles. The number of carbonyl (C=O) groups is 1. The lowest BCUT2D eigenvalue weighted by molar-refractivity contribution is -0.117. The van der Waals surface area contributed by atoms with Gasteiger partial charge in [0.25, 0.3) is 0 Å². The van der Waals surface area contributed by atoms with Crippen LogP contribution < -0.4 is 15.2 Å². The van der Waals surface area contributed by atoms with Crippen LogP contribution in [0.1, 0.15) is 36.3 Å². The summed E-state index contributed by atoms with van der Waals surface area (Å²) in [4.78, 5) is 20.2. The van der Waals surface area contributed by atoms with Crippen molar-refractivity contribution in [3.05, 3.63) is 70.3 Å². The zero-order chi connectivity index (χ0) is 26.6. The zero-order valence-corrected chi connectivity index (χ0v) is 22.8. The maximum absolute atomic E-state index is 11.8. The summed E-state index contributed by atoms with van der Waals surface area (Å²) in [5.74, 6) is 0.901. The lowest BCUT2D eigenvalue weighted by Gasteiger charge is -2.29. The van der Waals surface area contributed by atoms with E-state index in [0.29, 0.717) is 23.9 Å². The fraction of sp³-hybridized carbons (Fsp3) is 0.357. The number of benzene rings is 1. The second kappa shape index (κ2) is 11.7. The number of rotatable bonds is 10. The first-order valence-electron chi connectivity index (χ1n) is 12.7. The molecule has 3 aromatic heterocycles. The lowest BCUT2D eigenvalue weighted by Crippen LogP contribution is -2.40. The maximum atomic E-state index is 11.8. The highest BCUT2D eigenvalue weighted by Gasteiger charge is 2.20. The molecule has 0 aliphatic carbocycles. The van der Waals surface area contributed by atoms with Gasteiger partial charge in [0.1, 0.15) is 29.9 Å². The van der Waals surface area contributed by atoms with E-state index in [-0.39, 0.29) is 18.6 Å². The van der Waals surface area contributed by atoms with E-state index in [1.807, 2.05) is 60.0 Å². The number of amides is 1. The van der Waals surface area contributed by atoms with E-state index in [1.165, 1.54) is 11.3 Å². The SMILES string of the molecule is C[C@@H](Oc1cc(-c2cnc3ccc(OCCN4CCC[C@H](O)C4)cn23)sc1CC(N)=O)c1ccccc1Cl. The van der Waals surface area contributed by atoms with E-state index in [4.69, 9.17) is 26.8 Å². The van der Waals surface area contributed by atoms with Crippen molar-refractivity contribution in [2.75, 3.05) is 26.2 Å². The van der Waals surface area contributed by atoms with E-state index in [2.05, 4.69) is 9.88 Å². The van der Waals surface area contributed by atoms with E-state index in [9.17, 15) is 9.90 Å². The van der Waals surface area contributed by atoms with Gasteiger partial charge in [-0.15, -0.1) is 11.3 Å². The number of likely N-dealkylation sites (tertiary alicyclic amines) is 1. The van der Waals surface area contributed by atoms with E-state index in [1.54, 1.807) is 6.20 Å². The Morgan fingerprint density at radius 1 is 1.32 bits per heavy atom. The number of nitrogens with zero attached hydrogens (tertiary/aromatic N) is 3. The smallest absolute Gasteiger partial charge is 0.222 e. The normalized spacial score (nSPS) is 17.0. The van der Waals surface area contributed by atoms with Crippen molar-refractivity contribution >= 4 is 34.5 Å². The second-order valence-corrected chi connectivity index (χ2v) is 11.0. The van der Waals surface area contributed by atoms with Crippen molar-refractivity contribution < 1.29 is 19.4 Å². The van der Waals surface area contributed by atoms with Gasteiger partial charge >= 0.3 is 0 Å². The Hall–Kier alpha value is -3.11. The second-order valence-electron chi connectivity index (χ2n) is 9.50. The quantitative estimate of drug-likeness (QED) is 0.294. The number of pyridine rings is 1. The minimum atomic E-state index is -0.427. The molecule has 2 atom stereocenters. The summed E-state index contributed by atoms with van der Waals surface area (Å²) in [6.07, 6.45) is 5.10. The molecule has 1 aliphatic rings. The molecule has 1 saturated heterocycles. The molecule has 4 aromatic rings. The predicted molar refractivity (Wildman–Crippen MR) is 149 cm³/mol. The van der Waals surface area contributed by atoms with Crippen LogP contribution in [0.5, 0.6) is 11.5 Å². The van der Waals surface area contributed by atoms with Crippen molar-refractivity contribution in [2.24, 2.45) is 5.73 Å². The minimum absolute atomic E-state index is 0.0749. The molecule has 0 saturated carbocycles. The van der Waals surface area contributed by atoms with Crippen LogP contribution in [0.3, 0.4) is 0 Å². The van der Waals surface area contributed by atoms with E-state index in [0.717, 1.165) is 58.3 Å². The molecule has 10 heteroatoms. The number of hydrogen-bond acceptors (Lipinski definition) is 7. The molecular weight excluding hydrogens is 524 g/mol. The average Bonchev–Trinajstić information content (AvgIpc) is 3.47. The number of imidazole rings is 1. The summed E-state index contributed by atoms with van der Waals surface area (Å²) in [6, 6.07) is 13.3. The Labute approximate surface area is 230 Å². The molecule has 0 radical (unpaired) electrons. The fourth-order valence-corrected chi connectivity index (χ4v) is 6.13. The Morgan fingerprint density at radius 2 is 2.16 bits per heavy atom. The predicted octanol–water partition coefficient (Wildman–Crippen LogP) is 4.72. The highest BCUT2D eigenvalue weighted by Crippen LogP contribution is 2.39. The molecule has 1 amide bonds. The van der Waals surface area contributed by atoms with Crippen LogP contribution in [-0.4, -0.2) is 57.6 Å². The van der Waals surface area contributed by atoms with Gasteiger partial charge in [-0.1, -0.05) is 29.8 Å². The van der Waals surface area contributed by atoms with Crippen LogP contribution in [0.15, 0.2) is 54.9 Å². The Kier molecular flexibility index (Phi) is 8.18. The summed E-state index contributed by atoms with van der Waals surface area (Å²) in [6.45, 7) is 4.89. The first-order valence-corrected chi connectivity index (χ1v) is 13.9. The standard InChI is InChI=1S/C28H31ClN4O4S/c1-18(21-6-2-3-7-22(21)29)37-24-13-25(38-26(24)14-27(30)35)23-15-31-28-9-8-20(17-33(23)28)36-12-11-32-10-4-5-19(34)16-32/h2-3,6-9,13,15,17-19,34H,4-5,10-12,14,16H2,1H3,(H2,30,35)/t18-,19+/m1/s1. The minimum Gasteiger partial charge on any atom is -0.491 e. The Bertz CT molecular complexity index is 1420. The number of ether oxygens (including phenoxy) is 2. The van der Waals surface area contributed by atoms with Crippen molar-refractivity contribution in [1.29, 1.82) is 0 Å². The zero-order valence-electron chi connectivity index (χ0n) is 21.2. The summed E-state index contributed by atoms with van der Waals surface area (Å²) in [5.41, 5.74) is 8.05. The van der Waals surface area contributed by atoms with Crippen molar-refractivity contribution in [1.82, 2.24) is 14.3 Å². The van der Waals surface area contributed by atoms with Crippen molar-refractivity contribution in [3.8, 4) is 22.1 Å². The largest absolute Gasteiger partial charge is 0.491 e. The third-order valence-electron chi connectivity index (χ3n) is 6.64. The van der Waals surface area contributed by atoms with Crippen LogP contribution in [-0.2, 0) is 11.2 Å². The first-order chi connectivity index (χ1) is 18.4. The van der Waals surface area contributed by atoms with Crippen LogP contribution in [0.25, 0.3) is 16.2 Å². The van der Waals surface area contributed by atoms with Crippen molar-refractivity contribution in [2.45, 2.75) is 38.4 Å². The third-order valence-corrected chi connectivity index (χ3v) is 8.12. The van der Waals surface area contributed by atoms with Gasteiger partial charge in [0.05, 0.1) is 40.4 Å². The highest BCUT2D eigenvalue weighted by molar-refractivity contribution is 7.15. The number of thiophene rings is 1. The summed E-state index contributed by atoms with van der Waals surface area (Å²) >= 11 is 7.83. The summed E-state index contributed by atoms with van der Waals surface area (Å²) in [7, 11) is 0. The third kappa shape index (κ3) is 6.13. The van der Waals surface area contributed by atoms with Gasteiger partial charge in [0, 0.05) is 29.7 Å². The van der Waals surface area contributed by atoms with Crippen LogP contribution in [0.4, 0.5) is 0 Å². The number of carbonyl (C=O) groups excluding carboxylic acids is 1. The van der Waals surface area contributed by atoms with Crippen LogP contribution >= 0.6 is 22.9 Å². The number of aliphatic hydroxyl groups is 1. The number of halogens is 1. The van der Waals surface area contributed by atoms with Gasteiger partial charge in [0.15, 0.2) is 0 Å². The summed E-state index contributed by atoms with van der Waals surface area (Å²) in [5, 5.41) is 10.5. The van der Waals surface area contributed by atoms with Gasteiger partial charge in [0.2, 0.25) is 5.91 Å². The van der Waals surface area contributed by atoms with Gasteiger partial charge in [-0.3, -0.25) is 14.1 Å². The molecule has 38 heavy (non-hydrogen) atoms. The lowest BCUT2D eigenvalue weighted by atomic mass is 10.1. The molecule has 1 aromatic carbocycles. The highest BCUT2D eigenvalue weighted by atomic mass is 35.5. The maximum Gasteiger partial charge on any atom is 0.222 e. The van der Waals surface area contributed by atoms with Crippen LogP contribution in [0.2, 0.25) is 5.02 Å². The molecule has 0 spiro atoms. The molecular formula is C28H31ClN4O4S. The molecule has 1 fully saturated rings. The van der Waals surface area contributed by atoms with E-state index < -0.39 is 5.91 Å². The number of aromatic nitrogens is 2. The molecule has 3 N–H and O–H groups in total. The summed E-state index contributed by atoms with van der Waals surface area (Å²) < 4.78 is 14.3. The van der Waals surface area contributed by atoms with Gasteiger partial charge in [-0.25, -0.2) is 4.98 Å². The molecule has 0 unspecified atom stereocenters. The number of aliphatic hydroxyl groups excluding tert-OH is 1. The number of fused-ring (bicyclic) bond motifs is 1. The molecule has 0 bridgehead atoms. The van der Waals surface area contributed by atoms with Gasteiger partial charge < -0.3 is 20.3 Å². The molecule has 4 heterocycles. The number of β-amino-alcohol motifs (C(OH)–C–C–N with tert-alkyl or cyclic N) is 1. The van der Waals surface area contributed by atoms with E-state index >= 15 is 0 Å². The van der Waals surface area contributed by atoms with Crippen LogP contribution in [0, 0.1) is 0 Å².